The number of halogens is 1. The number of carbonyl (C=O) groups excluding carboxylic acids is 1. The van der Waals surface area contributed by atoms with Crippen molar-refractivity contribution in [1.29, 1.82) is 5.41 Å². The molecule has 0 aliphatic heterocycles. The van der Waals surface area contributed by atoms with E-state index in [0.29, 0.717) is 22.0 Å². The van der Waals surface area contributed by atoms with Gasteiger partial charge in [-0.3, -0.25) is 10.2 Å². The molecule has 0 saturated heterocycles. The van der Waals surface area contributed by atoms with Crippen LogP contribution < -0.4 is 16.8 Å². The van der Waals surface area contributed by atoms with Crippen molar-refractivity contribution in [3.63, 3.8) is 0 Å². The summed E-state index contributed by atoms with van der Waals surface area (Å²) in [5, 5.41) is 20.3. The predicted octanol–water partition coefficient (Wildman–Crippen LogP) is 1.80. The first-order valence-electron chi connectivity index (χ1n) is 8.45. The Labute approximate surface area is 161 Å². The number of hydrogen-bond acceptors (Lipinski definition) is 6. The van der Waals surface area contributed by atoms with Crippen molar-refractivity contribution in [1.82, 2.24) is 15.5 Å². The summed E-state index contributed by atoms with van der Waals surface area (Å²) < 4.78 is 0. The Kier molecular flexibility index (Phi) is 5.28. The summed E-state index contributed by atoms with van der Waals surface area (Å²) >= 11 is 6.39. The molecular formula is C19H19ClN6O. The number of hydrogen-bond donors (Lipinski definition) is 4. The van der Waals surface area contributed by atoms with Crippen molar-refractivity contribution >= 4 is 34.1 Å². The van der Waals surface area contributed by atoms with Crippen LogP contribution in [0, 0.1) is 17.3 Å². The Bertz CT molecular complexity index is 1030. The zero-order valence-electron chi connectivity index (χ0n) is 14.8. The molecule has 0 radical (unpaired) electrons. The standard InChI is InChI=1S/C19H19ClN6O/c1-24-18(22)17(19(23)27)15(21)6-5-11-7-16-12(8-14(11)20)13(9-25-26-16)10-3-2-4-10/h7-10,21,24H,2-4,22H2,1H3,(H2,23,27)/b18-17-,21-15?. The molecule has 1 aromatic heterocycles. The lowest BCUT2D eigenvalue weighted by atomic mass is 9.79. The molecule has 1 aromatic carbocycles. The Morgan fingerprint density at radius 3 is 2.70 bits per heavy atom. The number of amides is 1. The summed E-state index contributed by atoms with van der Waals surface area (Å²) in [5.74, 6) is 5.03. The molecule has 0 unspecified atom stereocenters. The van der Waals surface area contributed by atoms with E-state index < -0.39 is 5.91 Å². The highest BCUT2D eigenvalue weighted by atomic mass is 35.5. The fourth-order valence-electron chi connectivity index (χ4n) is 2.95. The highest BCUT2D eigenvalue weighted by Gasteiger charge is 2.22. The average Bonchev–Trinajstić information content (AvgIpc) is 2.58. The van der Waals surface area contributed by atoms with E-state index in [2.05, 4.69) is 27.4 Å². The molecule has 1 aliphatic carbocycles. The molecule has 1 aliphatic rings. The zero-order valence-corrected chi connectivity index (χ0v) is 15.5. The van der Waals surface area contributed by atoms with Crippen molar-refractivity contribution in [3.8, 4) is 11.8 Å². The Hall–Kier alpha value is -3.11. The summed E-state index contributed by atoms with van der Waals surface area (Å²) in [4.78, 5) is 11.5. The summed E-state index contributed by atoms with van der Waals surface area (Å²) in [7, 11) is 1.53. The summed E-state index contributed by atoms with van der Waals surface area (Å²) in [6.45, 7) is 0. The highest BCUT2D eigenvalue weighted by molar-refractivity contribution is 6.33. The lowest BCUT2D eigenvalue weighted by molar-refractivity contribution is -0.114. The number of rotatable bonds is 4. The van der Waals surface area contributed by atoms with Crippen LogP contribution in [-0.4, -0.2) is 28.9 Å². The molecule has 6 N–H and O–H groups in total. The number of aromatic nitrogens is 2. The average molecular weight is 383 g/mol. The van der Waals surface area contributed by atoms with Crippen LogP contribution in [0.25, 0.3) is 10.9 Å². The van der Waals surface area contributed by atoms with Crippen molar-refractivity contribution < 1.29 is 4.79 Å². The predicted molar refractivity (Wildman–Crippen MR) is 105 cm³/mol. The van der Waals surface area contributed by atoms with E-state index in [9.17, 15) is 4.79 Å². The third kappa shape index (κ3) is 3.71. The third-order valence-corrected chi connectivity index (χ3v) is 4.97. The van der Waals surface area contributed by atoms with Gasteiger partial charge in [-0.1, -0.05) is 23.9 Å². The molecule has 3 rings (SSSR count). The van der Waals surface area contributed by atoms with Crippen LogP contribution in [0.3, 0.4) is 0 Å². The van der Waals surface area contributed by atoms with Crippen LogP contribution >= 0.6 is 11.6 Å². The molecule has 1 amide bonds. The normalized spacial score (nSPS) is 14.6. The molecule has 8 heteroatoms. The monoisotopic (exact) mass is 382 g/mol. The van der Waals surface area contributed by atoms with Gasteiger partial charge in [0.2, 0.25) is 0 Å². The second kappa shape index (κ2) is 7.64. The fraction of sp³-hybridized carbons (Fsp3) is 0.263. The third-order valence-electron chi connectivity index (χ3n) is 4.66. The smallest absolute Gasteiger partial charge is 0.255 e. The van der Waals surface area contributed by atoms with Crippen LogP contribution in [0.15, 0.2) is 29.7 Å². The van der Waals surface area contributed by atoms with E-state index in [1.807, 2.05) is 6.07 Å². The molecule has 7 nitrogen and oxygen atoms in total. The van der Waals surface area contributed by atoms with Crippen LogP contribution in [0.4, 0.5) is 0 Å². The van der Waals surface area contributed by atoms with Gasteiger partial charge in [0, 0.05) is 18.0 Å². The molecule has 0 spiro atoms. The number of benzene rings is 1. The van der Waals surface area contributed by atoms with Gasteiger partial charge in [-0.15, -0.1) is 0 Å². The van der Waals surface area contributed by atoms with E-state index in [1.54, 1.807) is 12.3 Å². The minimum Gasteiger partial charge on any atom is -0.385 e. The molecule has 1 fully saturated rings. The van der Waals surface area contributed by atoms with Gasteiger partial charge in [0.05, 0.1) is 16.7 Å². The van der Waals surface area contributed by atoms with Crippen molar-refractivity contribution in [2.24, 2.45) is 11.5 Å². The summed E-state index contributed by atoms with van der Waals surface area (Å²) in [6, 6.07) is 3.57. The minimum absolute atomic E-state index is 0.0117. The number of nitrogens with one attached hydrogen (secondary N) is 2. The highest BCUT2D eigenvalue weighted by Crippen LogP contribution is 2.39. The van der Waals surface area contributed by atoms with E-state index >= 15 is 0 Å². The van der Waals surface area contributed by atoms with Gasteiger partial charge >= 0.3 is 0 Å². The Balaban J connectivity index is 1.99. The first-order valence-corrected chi connectivity index (χ1v) is 8.83. The van der Waals surface area contributed by atoms with Gasteiger partial charge in [0.25, 0.3) is 5.91 Å². The maximum atomic E-state index is 11.5. The lowest BCUT2D eigenvalue weighted by Crippen LogP contribution is -2.29. The minimum atomic E-state index is -0.832. The van der Waals surface area contributed by atoms with Crippen LogP contribution in [-0.2, 0) is 4.79 Å². The van der Waals surface area contributed by atoms with Crippen LogP contribution in [0.2, 0.25) is 5.02 Å². The van der Waals surface area contributed by atoms with E-state index in [-0.39, 0.29) is 17.1 Å². The number of nitrogens with zero attached hydrogens (tertiary/aromatic N) is 2. The quantitative estimate of drug-likeness (QED) is 0.364. The summed E-state index contributed by atoms with van der Waals surface area (Å²) in [5.41, 5.74) is 12.8. The number of fused-ring (bicyclic) bond motifs is 1. The van der Waals surface area contributed by atoms with Gasteiger partial charge < -0.3 is 16.8 Å². The molecule has 2 aromatic rings. The molecule has 27 heavy (non-hydrogen) atoms. The fourth-order valence-corrected chi connectivity index (χ4v) is 3.16. The van der Waals surface area contributed by atoms with Crippen LogP contribution in [0.5, 0.6) is 0 Å². The number of nitrogens with two attached hydrogens (primary N) is 2. The topological polar surface area (TPSA) is 131 Å². The van der Waals surface area contributed by atoms with Gasteiger partial charge in [0.1, 0.15) is 17.1 Å². The van der Waals surface area contributed by atoms with E-state index in [4.69, 9.17) is 28.5 Å². The van der Waals surface area contributed by atoms with Gasteiger partial charge in [-0.25, -0.2) is 0 Å². The van der Waals surface area contributed by atoms with E-state index in [1.165, 1.54) is 13.5 Å². The van der Waals surface area contributed by atoms with Gasteiger partial charge in [0.15, 0.2) is 0 Å². The Morgan fingerprint density at radius 2 is 2.11 bits per heavy atom. The first-order chi connectivity index (χ1) is 12.9. The van der Waals surface area contributed by atoms with Gasteiger partial charge in [-0.05, 0) is 42.4 Å². The number of primary amides is 1. The zero-order chi connectivity index (χ0) is 19.6. The molecule has 1 saturated carbocycles. The Morgan fingerprint density at radius 1 is 1.37 bits per heavy atom. The van der Waals surface area contributed by atoms with Crippen LogP contribution in [0.1, 0.15) is 36.3 Å². The SMILES string of the molecule is CN/C(N)=C(/C(=N)C#Cc1cc2nncc(C3CCC3)c2cc1Cl)C(N)=O. The van der Waals surface area contributed by atoms with Gasteiger partial charge in [-0.2, -0.15) is 10.2 Å². The maximum Gasteiger partial charge on any atom is 0.255 e. The largest absolute Gasteiger partial charge is 0.385 e. The maximum absolute atomic E-state index is 11.5. The molecule has 0 bridgehead atoms. The summed E-state index contributed by atoms with van der Waals surface area (Å²) in [6.07, 6.45) is 5.31. The van der Waals surface area contributed by atoms with Crippen molar-refractivity contribution in [2.75, 3.05) is 7.05 Å². The molecule has 138 valence electrons. The molecule has 1 heterocycles. The van der Waals surface area contributed by atoms with Crippen molar-refractivity contribution in [3.05, 3.63) is 45.9 Å². The second-order valence-electron chi connectivity index (χ2n) is 6.30. The first kappa shape index (κ1) is 18.7. The lowest BCUT2D eigenvalue weighted by Gasteiger charge is -2.26. The second-order valence-corrected chi connectivity index (χ2v) is 6.71. The van der Waals surface area contributed by atoms with Crippen molar-refractivity contribution in [2.45, 2.75) is 25.2 Å². The number of carbonyl (C=O) groups is 1. The molecule has 0 atom stereocenters. The van der Waals surface area contributed by atoms with E-state index in [0.717, 1.165) is 23.8 Å². The molecular weight excluding hydrogens is 364 g/mol.